The minimum absolute atomic E-state index is 0.0551. The first-order valence-electron chi connectivity index (χ1n) is 13.6. The van der Waals surface area contributed by atoms with E-state index in [1.165, 1.54) is 12.7 Å². The summed E-state index contributed by atoms with van der Waals surface area (Å²) in [4.78, 5) is 40.7. The van der Waals surface area contributed by atoms with Crippen LogP contribution in [0.5, 0.6) is 0 Å². The van der Waals surface area contributed by atoms with E-state index in [2.05, 4.69) is 31.3 Å². The summed E-state index contributed by atoms with van der Waals surface area (Å²) in [5.41, 5.74) is 3.72. The number of hydrogen-bond acceptors (Lipinski definition) is 4. The minimum Gasteiger partial charge on any atom is -0.465 e. The van der Waals surface area contributed by atoms with Crippen molar-refractivity contribution < 1.29 is 19.1 Å². The largest absolute Gasteiger partial charge is 0.465 e. The smallest absolute Gasteiger partial charge is 0.337 e. The number of carbonyl (C=O) groups is 3. The standard InChI is InChI=1S/C33H37ClN2O4/c1-21(2)29(31(38)36-18-17-28(33(3,4)20-36)23-13-15-27(34)16-14-23)35-30(37)26-8-6-7-25(19-26)22-9-11-24(12-10-22)32(39)40-5/h6-16,19,21,28-29H,17-18,20H2,1-5H3,(H,35,37)/t28?,29-/m1/s1. The Kier molecular flexibility index (Phi) is 8.99. The Morgan fingerprint density at radius 3 is 2.23 bits per heavy atom. The minimum atomic E-state index is -0.640. The molecule has 0 spiro atoms. The van der Waals surface area contributed by atoms with Crippen LogP contribution >= 0.6 is 11.6 Å². The van der Waals surface area contributed by atoms with E-state index in [4.69, 9.17) is 16.3 Å². The first-order valence-corrected chi connectivity index (χ1v) is 14.0. The molecular weight excluding hydrogens is 524 g/mol. The predicted molar refractivity (Wildman–Crippen MR) is 158 cm³/mol. The summed E-state index contributed by atoms with van der Waals surface area (Å²) in [6.45, 7) is 9.53. The van der Waals surface area contributed by atoms with Crippen molar-refractivity contribution in [1.29, 1.82) is 0 Å². The van der Waals surface area contributed by atoms with Gasteiger partial charge in [-0.3, -0.25) is 9.59 Å². The van der Waals surface area contributed by atoms with E-state index in [0.717, 1.165) is 17.5 Å². The number of ether oxygens (including phenoxy) is 1. The van der Waals surface area contributed by atoms with Crippen LogP contribution in [0.15, 0.2) is 72.8 Å². The molecule has 0 radical (unpaired) electrons. The quantitative estimate of drug-likeness (QED) is 0.331. The van der Waals surface area contributed by atoms with Crippen molar-refractivity contribution in [3.63, 3.8) is 0 Å². The number of likely N-dealkylation sites (tertiary alicyclic amines) is 1. The Morgan fingerprint density at radius 2 is 1.62 bits per heavy atom. The second-order valence-corrected chi connectivity index (χ2v) is 11.9. The zero-order valence-corrected chi connectivity index (χ0v) is 24.5. The molecule has 0 aromatic heterocycles. The van der Waals surface area contributed by atoms with Crippen LogP contribution in [0.1, 0.15) is 66.3 Å². The lowest BCUT2D eigenvalue weighted by atomic mass is 9.70. The highest BCUT2D eigenvalue weighted by molar-refractivity contribution is 6.30. The fourth-order valence-corrected chi connectivity index (χ4v) is 5.68. The Labute approximate surface area is 241 Å². The molecule has 7 heteroatoms. The molecule has 1 saturated heterocycles. The lowest BCUT2D eigenvalue weighted by molar-refractivity contribution is -0.137. The molecule has 1 N–H and O–H groups in total. The van der Waals surface area contributed by atoms with Crippen molar-refractivity contribution in [3.8, 4) is 11.1 Å². The van der Waals surface area contributed by atoms with Crippen LogP contribution in [0, 0.1) is 11.3 Å². The number of rotatable bonds is 7. The third kappa shape index (κ3) is 6.56. The van der Waals surface area contributed by atoms with Gasteiger partial charge in [0.05, 0.1) is 12.7 Å². The Bertz CT molecular complexity index is 1370. The summed E-state index contributed by atoms with van der Waals surface area (Å²) in [6, 6.07) is 21.6. The van der Waals surface area contributed by atoms with Crippen LogP contribution < -0.4 is 5.32 Å². The summed E-state index contributed by atoms with van der Waals surface area (Å²) in [6.07, 6.45) is 0.843. The van der Waals surface area contributed by atoms with Gasteiger partial charge >= 0.3 is 5.97 Å². The molecule has 1 aliphatic rings. The number of hydrogen-bond donors (Lipinski definition) is 1. The van der Waals surface area contributed by atoms with Crippen LogP contribution in [0.3, 0.4) is 0 Å². The van der Waals surface area contributed by atoms with Crippen LogP contribution in [-0.4, -0.2) is 48.9 Å². The first-order chi connectivity index (χ1) is 19.0. The fraction of sp³-hybridized carbons (Fsp3) is 0.364. The topological polar surface area (TPSA) is 75.7 Å². The van der Waals surface area contributed by atoms with Crippen LogP contribution in [-0.2, 0) is 9.53 Å². The van der Waals surface area contributed by atoms with Crippen molar-refractivity contribution >= 4 is 29.4 Å². The first kappa shape index (κ1) is 29.3. The molecule has 1 aliphatic heterocycles. The van der Waals surface area contributed by atoms with Crippen LogP contribution in [0.2, 0.25) is 5.02 Å². The van der Waals surface area contributed by atoms with Gasteiger partial charge in [0.25, 0.3) is 5.91 Å². The molecule has 6 nitrogen and oxygen atoms in total. The highest BCUT2D eigenvalue weighted by Crippen LogP contribution is 2.42. The number of nitrogens with one attached hydrogen (secondary N) is 1. The number of piperidine rings is 1. The third-order valence-electron chi connectivity index (χ3n) is 7.80. The molecule has 1 heterocycles. The SMILES string of the molecule is COC(=O)c1ccc(-c2cccc(C(=O)N[C@@H](C(=O)N3CCC(c4ccc(Cl)cc4)C(C)(C)C3)C(C)C)c2)cc1. The normalized spacial score (nSPS) is 17.3. The Morgan fingerprint density at radius 1 is 0.950 bits per heavy atom. The molecule has 3 aromatic carbocycles. The van der Waals surface area contributed by atoms with Crippen molar-refractivity contribution in [2.45, 2.75) is 46.1 Å². The monoisotopic (exact) mass is 560 g/mol. The number of nitrogens with zero attached hydrogens (tertiary/aromatic N) is 1. The summed E-state index contributed by atoms with van der Waals surface area (Å²) in [7, 11) is 1.35. The van der Waals surface area contributed by atoms with Gasteiger partial charge in [-0.05, 0) is 76.8 Å². The molecule has 2 amide bonds. The number of amides is 2. The summed E-state index contributed by atoms with van der Waals surface area (Å²) in [5, 5.41) is 3.73. The number of halogens is 1. The van der Waals surface area contributed by atoms with Gasteiger partial charge in [-0.25, -0.2) is 4.79 Å². The van der Waals surface area contributed by atoms with E-state index in [1.54, 1.807) is 24.3 Å². The van der Waals surface area contributed by atoms with Gasteiger partial charge in [-0.1, -0.05) is 75.7 Å². The summed E-state index contributed by atoms with van der Waals surface area (Å²) >= 11 is 6.09. The summed E-state index contributed by atoms with van der Waals surface area (Å²) in [5.74, 6) is -0.523. The third-order valence-corrected chi connectivity index (χ3v) is 8.05. The number of esters is 1. The van der Waals surface area contributed by atoms with E-state index in [1.807, 2.05) is 55.1 Å². The van der Waals surface area contributed by atoms with Crippen LogP contribution in [0.25, 0.3) is 11.1 Å². The zero-order valence-electron chi connectivity index (χ0n) is 23.7. The highest BCUT2D eigenvalue weighted by atomic mass is 35.5. The van der Waals surface area contributed by atoms with E-state index < -0.39 is 12.0 Å². The van der Waals surface area contributed by atoms with Gasteiger partial charge in [0.1, 0.15) is 6.04 Å². The van der Waals surface area contributed by atoms with E-state index in [9.17, 15) is 14.4 Å². The van der Waals surface area contributed by atoms with E-state index in [-0.39, 0.29) is 23.1 Å². The fourth-order valence-electron chi connectivity index (χ4n) is 5.55. The van der Waals surface area contributed by atoms with Gasteiger partial charge in [-0.15, -0.1) is 0 Å². The number of benzene rings is 3. The molecule has 0 bridgehead atoms. The van der Waals surface area contributed by atoms with Crippen molar-refractivity contribution in [1.82, 2.24) is 10.2 Å². The van der Waals surface area contributed by atoms with Crippen LogP contribution in [0.4, 0.5) is 0 Å². The van der Waals surface area contributed by atoms with Crippen molar-refractivity contribution in [3.05, 3.63) is 94.5 Å². The second-order valence-electron chi connectivity index (χ2n) is 11.5. The molecule has 2 atom stereocenters. The molecule has 0 saturated carbocycles. The molecule has 40 heavy (non-hydrogen) atoms. The molecule has 4 rings (SSSR count). The van der Waals surface area contributed by atoms with Gasteiger partial charge in [0.2, 0.25) is 5.91 Å². The molecule has 1 fully saturated rings. The molecular formula is C33H37ClN2O4. The van der Waals surface area contributed by atoms with Gasteiger partial charge < -0.3 is 15.0 Å². The van der Waals surface area contributed by atoms with Crippen molar-refractivity contribution in [2.24, 2.45) is 11.3 Å². The van der Waals surface area contributed by atoms with Gasteiger partial charge in [-0.2, -0.15) is 0 Å². The molecule has 3 aromatic rings. The Balaban J connectivity index is 1.46. The number of carbonyl (C=O) groups excluding carboxylic acids is 3. The van der Waals surface area contributed by atoms with Gasteiger partial charge in [0.15, 0.2) is 0 Å². The lowest BCUT2D eigenvalue weighted by Gasteiger charge is -2.45. The lowest BCUT2D eigenvalue weighted by Crippen LogP contribution is -2.55. The Hall–Kier alpha value is -3.64. The maximum Gasteiger partial charge on any atom is 0.337 e. The molecule has 0 aliphatic carbocycles. The highest BCUT2D eigenvalue weighted by Gasteiger charge is 2.40. The maximum absolute atomic E-state index is 13.7. The zero-order chi connectivity index (χ0) is 29.0. The summed E-state index contributed by atoms with van der Waals surface area (Å²) < 4.78 is 4.77. The van der Waals surface area contributed by atoms with Crippen molar-refractivity contribution in [2.75, 3.05) is 20.2 Å². The average molecular weight is 561 g/mol. The maximum atomic E-state index is 13.7. The molecule has 210 valence electrons. The van der Waals surface area contributed by atoms with Gasteiger partial charge in [0, 0.05) is 23.7 Å². The van der Waals surface area contributed by atoms with E-state index in [0.29, 0.717) is 35.2 Å². The second kappa shape index (κ2) is 12.3. The number of methoxy groups -OCH3 is 1. The molecule has 1 unspecified atom stereocenters. The average Bonchev–Trinajstić information content (AvgIpc) is 2.95. The predicted octanol–water partition coefficient (Wildman–Crippen LogP) is 6.59. The van der Waals surface area contributed by atoms with E-state index >= 15 is 0 Å².